The molecule has 0 spiro atoms. The molecule has 2 heterocycles. The highest BCUT2D eigenvalue weighted by molar-refractivity contribution is 5.79. The molecule has 1 aliphatic rings. The molecule has 2 aromatic rings. The van der Waals surface area contributed by atoms with Crippen molar-refractivity contribution in [3.8, 4) is 0 Å². The summed E-state index contributed by atoms with van der Waals surface area (Å²) in [5.74, 6) is 1.13. The first-order valence-electron chi connectivity index (χ1n) is 8.46. The summed E-state index contributed by atoms with van der Waals surface area (Å²) in [6.07, 6.45) is 3.91. The maximum absolute atomic E-state index is 13.0. The first kappa shape index (κ1) is 16.6. The van der Waals surface area contributed by atoms with Crippen LogP contribution in [0, 0.1) is 11.7 Å². The Labute approximate surface area is 141 Å². The van der Waals surface area contributed by atoms with Crippen LogP contribution in [0.5, 0.6) is 0 Å². The van der Waals surface area contributed by atoms with Gasteiger partial charge < -0.3 is 9.47 Å². The van der Waals surface area contributed by atoms with E-state index in [0.717, 1.165) is 37.3 Å². The molecule has 0 saturated carbocycles. The summed E-state index contributed by atoms with van der Waals surface area (Å²) >= 11 is 0. The molecule has 1 aliphatic heterocycles. The lowest BCUT2D eigenvalue weighted by atomic mass is 10.1. The van der Waals surface area contributed by atoms with E-state index >= 15 is 0 Å². The lowest BCUT2D eigenvalue weighted by Gasteiger charge is -2.25. The second-order valence-electron chi connectivity index (χ2n) is 6.78. The van der Waals surface area contributed by atoms with Gasteiger partial charge in [-0.1, -0.05) is 26.0 Å². The van der Waals surface area contributed by atoms with Gasteiger partial charge >= 0.3 is 0 Å². The molecule has 6 heteroatoms. The minimum absolute atomic E-state index is 0.0146. The Kier molecular flexibility index (Phi) is 4.92. The van der Waals surface area contributed by atoms with E-state index in [-0.39, 0.29) is 24.2 Å². The van der Waals surface area contributed by atoms with E-state index in [0.29, 0.717) is 5.92 Å². The van der Waals surface area contributed by atoms with Crippen molar-refractivity contribution in [3.05, 3.63) is 47.8 Å². The fourth-order valence-corrected chi connectivity index (χ4v) is 3.27. The molecule has 0 aliphatic carbocycles. The molecule has 24 heavy (non-hydrogen) atoms. The summed E-state index contributed by atoms with van der Waals surface area (Å²) in [6, 6.07) is 6.10. The van der Waals surface area contributed by atoms with E-state index in [9.17, 15) is 9.18 Å². The third kappa shape index (κ3) is 3.63. The largest absolute Gasteiger partial charge is 0.332 e. The van der Waals surface area contributed by atoms with Gasteiger partial charge in [-0.05, 0) is 36.5 Å². The standard InChI is InChI=1S/C18H23FN4O/c1-13(2)11-22-12-20-21-18(22)16-4-3-9-23(16)17(24)10-14-5-7-15(19)8-6-14/h5-8,12-13,16H,3-4,9-11H2,1-2H3. The predicted octanol–water partition coefficient (Wildman–Crippen LogP) is 2.98. The van der Waals surface area contributed by atoms with Crippen LogP contribution in [0.15, 0.2) is 30.6 Å². The average molecular weight is 330 g/mol. The normalized spacial score (nSPS) is 17.7. The van der Waals surface area contributed by atoms with Crippen LogP contribution in [-0.4, -0.2) is 32.1 Å². The molecule has 5 nitrogen and oxygen atoms in total. The van der Waals surface area contributed by atoms with Gasteiger partial charge in [-0.25, -0.2) is 4.39 Å². The lowest BCUT2D eigenvalue weighted by molar-refractivity contribution is -0.131. The zero-order valence-corrected chi connectivity index (χ0v) is 14.2. The quantitative estimate of drug-likeness (QED) is 0.847. The van der Waals surface area contributed by atoms with E-state index < -0.39 is 0 Å². The van der Waals surface area contributed by atoms with Gasteiger partial charge in [0.2, 0.25) is 5.91 Å². The number of nitrogens with zero attached hydrogens (tertiary/aromatic N) is 4. The summed E-state index contributed by atoms with van der Waals surface area (Å²) < 4.78 is 15.1. The second-order valence-corrected chi connectivity index (χ2v) is 6.78. The predicted molar refractivity (Wildman–Crippen MR) is 88.7 cm³/mol. The van der Waals surface area contributed by atoms with Crippen molar-refractivity contribution in [1.82, 2.24) is 19.7 Å². The van der Waals surface area contributed by atoms with Crippen LogP contribution in [0.25, 0.3) is 0 Å². The molecular formula is C18H23FN4O. The number of hydrogen-bond donors (Lipinski definition) is 0. The Morgan fingerprint density at radius 1 is 1.33 bits per heavy atom. The third-order valence-electron chi connectivity index (χ3n) is 4.35. The number of likely N-dealkylation sites (tertiary alicyclic amines) is 1. The SMILES string of the molecule is CC(C)Cn1cnnc1C1CCCN1C(=O)Cc1ccc(F)cc1. The van der Waals surface area contributed by atoms with Crippen molar-refractivity contribution in [2.45, 2.75) is 45.7 Å². The Bertz CT molecular complexity index is 695. The highest BCUT2D eigenvalue weighted by Crippen LogP contribution is 2.31. The Morgan fingerprint density at radius 3 is 2.79 bits per heavy atom. The molecule has 0 bridgehead atoms. The van der Waals surface area contributed by atoms with E-state index in [4.69, 9.17) is 0 Å². The second kappa shape index (κ2) is 7.11. The lowest BCUT2D eigenvalue weighted by Crippen LogP contribution is -2.33. The molecule has 128 valence electrons. The molecule has 1 saturated heterocycles. The molecular weight excluding hydrogens is 307 g/mol. The number of benzene rings is 1. The fraction of sp³-hybridized carbons (Fsp3) is 0.500. The van der Waals surface area contributed by atoms with Crippen LogP contribution in [0.1, 0.15) is 44.1 Å². The molecule has 3 rings (SSSR count). The van der Waals surface area contributed by atoms with Crippen molar-refractivity contribution in [2.75, 3.05) is 6.54 Å². The highest BCUT2D eigenvalue weighted by atomic mass is 19.1. The molecule has 0 radical (unpaired) electrons. The molecule has 1 aromatic heterocycles. The molecule has 0 N–H and O–H groups in total. The molecule has 1 fully saturated rings. The number of carbonyl (C=O) groups is 1. The van der Waals surface area contributed by atoms with Crippen LogP contribution >= 0.6 is 0 Å². The number of carbonyl (C=O) groups excluding carboxylic acids is 1. The summed E-state index contributed by atoms with van der Waals surface area (Å²) in [6.45, 7) is 5.88. The zero-order chi connectivity index (χ0) is 17.1. The van der Waals surface area contributed by atoms with Gasteiger partial charge in [0.1, 0.15) is 12.1 Å². The van der Waals surface area contributed by atoms with Crippen LogP contribution in [-0.2, 0) is 17.8 Å². The smallest absolute Gasteiger partial charge is 0.227 e. The molecule has 1 unspecified atom stereocenters. The molecule has 1 atom stereocenters. The van der Waals surface area contributed by atoms with Crippen LogP contribution < -0.4 is 0 Å². The van der Waals surface area contributed by atoms with Gasteiger partial charge in [0.05, 0.1) is 12.5 Å². The van der Waals surface area contributed by atoms with E-state index in [1.807, 2.05) is 4.90 Å². The van der Waals surface area contributed by atoms with E-state index in [1.54, 1.807) is 18.5 Å². The van der Waals surface area contributed by atoms with Gasteiger partial charge in [-0.3, -0.25) is 4.79 Å². The van der Waals surface area contributed by atoms with Gasteiger partial charge in [0, 0.05) is 13.1 Å². The first-order valence-corrected chi connectivity index (χ1v) is 8.46. The number of rotatable bonds is 5. The Morgan fingerprint density at radius 2 is 2.08 bits per heavy atom. The van der Waals surface area contributed by atoms with E-state index in [2.05, 4.69) is 28.6 Å². The maximum atomic E-state index is 13.0. The monoisotopic (exact) mass is 330 g/mol. The Balaban J connectivity index is 1.74. The van der Waals surface area contributed by atoms with Gasteiger partial charge in [-0.2, -0.15) is 0 Å². The summed E-state index contributed by atoms with van der Waals surface area (Å²) in [4.78, 5) is 14.6. The minimum atomic E-state index is -0.285. The summed E-state index contributed by atoms with van der Waals surface area (Å²) in [5.41, 5.74) is 0.829. The summed E-state index contributed by atoms with van der Waals surface area (Å²) in [5, 5.41) is 8.31. The average Bonchev–Trinajstić information content (AvgIpc) is 3.17. The van der Waals surface area contributed by atoms with Crippen molar-refractivity contribution in [1.29, 1.82) is 0 Å². The fourth-order valence-electron chi connectivity index (χ4n) is 3.27. The van der Waals surface area contributed by atoms with Gasteiger partial charge in [-0.15, -0.1) is 10.2 Å². The van der Waals surface area contributed by atoms with Crippen LogP contribution in [0.3, 0.4) is 0 Å². The van der Waals surface area contributed by atoms with Crippen molar-refractivity contribution < 1.29 is 9.18 Å². The topological polar surface area (TPSA) is 51.0 Å². The van der Waals surface area contributed by atoms with E-state index in [1.165, 1.54) is 12.1 Å². The van der Waals surface area contributed by atoms with Crippen LogP contribution in [0.4, 0.5) is 4.39 Å². The maximum Gasteiger partial charge on any atom is 0.227 e. The zero-order valence-electron chi connectivity index (χ0n) is 14.2. The third-order valence-corrected chi connectivity index (χ3v) is 4.35. The van der Waals surface area contributed by atoms with Crippen molar-refractivity contribution in [3.63, 3.8) is 0 Å². The van der Waals surface area contributed by atoms with Crippen LogP contribution in [0.2, 0.25) is 0 Å². The van der Waals surface area contributed by atoms with Crippen molar-refractivity contribution >= 4 is 5.91 Å². The summed E-state index contributed by atoms with van der Waals surface area (Å²) in [7, 11) is 0. The first-order chi connectivity index (χ1) is 11.5. The molecule has 1 aromatic carbocycles. The number of halogens is 1. The highest BCUT2D eigenvalue weighted by Gasteiger charge is 2.33. The van der Waals surface area contributed by atoms with Crippen molar-refractivity contribution in [2.24, 2.45) is 5.92 Å². The number of aromatic nitrogens is 3. The molecule has 1 amide bonds. The Hall–Kier alpha value is -2.24. The van der Waals surface area contributed by atoms with Gasteiger partial charge in [0.25, 0.3) is 0 Å². The minimum Gasteiger partial charge on any atom is -0.332 e. The number of amides is 1. The number of hydrogen-bond acceptors (Lipinski definition) is 3. The van der Waals surface area contributed by atoms with Gasteiger partial charge in [0.15, 0.2) is 5.82 Å².